The molecule has 1 amide bonds. The minimum atomic E-state index is -3.67. The van der Waals surface area contributed by atoms with Gasteiger partial charge in [0.05, 0.1) is 4.90 Å². The zero-order chi connectivity index (χ0) is 26.0. The van der Waals surface area contributed by atoms with Crippen LogP contribution in [-0.4, -0.2) is 55.2 Å². The maximum Gasteiger partial charge on any atom is 0.243 e. The van der Waals surface area contributed by atoms with Crippen molar-refractivity contribution in [3.8, 4) is 0 Å². The molecule has 10 heteroatoms. The number of sulfonamides is 1. The number of aryl methyl sites for hydroxylation is 1. The molecule has 4 rings (SSSR count). The maximum atomic E-state index is 14.0. The third-order valence-corrected chi connectivity index (χ3v) is 9.14. The van der Waals surface area contributed by atoms with Crippen molar-refractivity contribution in [3.63, 3.8) is 0 Å². The molecule has 1 saturated heterocycles. The fourth-order valence-electron chi connectivity index (χ4n) is 4.79. The Balaban J connectivity index is 1.30. The molecule has 0 aromatic heterocycles. The Hall–Kier alpha value is -2.43. The summed E-state index contributed by atoms with van der Waals surface area (Å²) in [6.45, 7) is 2.95. The van der Waals surface area contributed by atoms with E-state index < -0.39 is 33.5 Å². The summed E-state index contributed by atoms with van der Waals surface area (Å²) in [5.74, 6) is -3.27. The molecule has 0 unspecified atom stereocenters. The fourth-order valence-corrected chi connectivity index (χ4v) is 6.47. The van der Waals surface area contributed by atoms with E-state index in [0.717, 1.165) is 24.5 Å². The van der Waals surface area contributed by atoms with Gasteiger partial charge in [-0.05, 0) is 68.7 Å². The van der Waals surface area contributed by atoms with Gasteiger partial charge < -0.3 is 10.6 Å². The second-order valence-electron chi connectivity index (χ2n) is 9.85. The van der Waals surface area contributed by atoms with E-state index in [1.165, 1.54) is 4.31 Å². The lowest BCUT2D eigenvalue weighted by Gasteiger charge is -2.35. The van der Waals surface area contributed by atoms with E-state index in [4.69, 9.17) is 5.73 Å². The first kappa shape index (κ1) is 26.6. The highest BCUT2D eigenvalue weighted by molar-refractivity contribution is 7.89. The van der Waals surface area contributed by atoms with Gasteiger partial charge in [-0.15, -0.1) is 0 Å². The highest BCUT2D eigenvalue weighted by Crippen LogP contribution is 2.32. The summed E-state index contributed by atoms with van der Waals surface area (Å²) >= 11 is 0. The third kappa shape index (κ3) is 6.10. The predicted octanol–water partition coefficient (Wildman–Crippen LogP) is 3.76. The summed E-state index contributed by atoms with van der Waals surface area (Å²) < 4.78 is 68.4. The monoisotopic (exact) mass is 523 g/mol. The van der Waals surface area contributed by atoms with Crippen LogP contribution in [0.1, 0.15) is 43.2 Å². The number of hydrogen-bond donors (Lipinski definition) is 1. The lowest BCUT2D eigenvalue weighted by Crippen LogP contribution is -2.45. The first-order valence-electron chi connectivity index (χ1n) is 12.3. The topological polar surface area (TPSA) is 83.7 Å². The van der Waals surface area contributed by atoms with Crippen LogP contribution in [0.15, 0.2) is 41.3 Å². The minimum Gasteiger partial charge on any atom is -0.343 e. The van der Waals surface area contributed by atoms with Crippen LogP contribution in [0.2, 0.25) is 0 Å². The molecular formula is C26H32F3N3O3S. The lowest BCUT2D eigenvalue weighted by atomic mass is 9.86. The zero-order valence-corrected chi connectivity index (χ0v) is 21.1. The van der Waals surface area contributed by atoms with Gasteiger partial charge in [-0.2, -0.15) is 4.31 Å². The molecule has 1 saturated carbocycles. The average Bonchev–Trinajstić information content (AvgIpc) is 3.68. The van der Waals surface area contributed by atoms with Crippen molar-refractivity contribution in [3.05, 3.63) is 65.0 Å². The molecular weight excluding hydrogens is 491 g/mol. The molecule has 0 spiro atoms. The zero-order valence-electron chi connectivity index (χ0n) is 20.3. The Morgan fingerprint density at radius 1 is 1.03 bits per heavy atom. The number of rotatable bonds is 9. The highest BCUT2D eigenvalue weighted by atomic mass is 32.2. The lowest BCUT2D eigenvalue weighted by molar-refractivity contribution is -0.132. The quantitative estimate of drug-likeness (QED) is 0.508. The number of carbonyl (C=O) groups excluding carboxylic acids is 1. The van der Waals surface area contributed by atoms with Crippen molar-refractivity contribution in [1.82, 2.24) is 9.21 Å². The Labute approximate surface area is 210 Å². The summed E-state index contributed by atoms with van der Waals surface area (Å²) in [6, 6.07) is 7.58. The Kier molecular flexibility index (Phi) is 8.06. The molecule has 0 bridgehead atoms. The summed E-state index contributed by atoms with van der Waals surface area (Å²) in [7, 11) is -3.67. The molecule has 2 aromatic carbocycles. The van der Waals surface area contributed by atoms with Crippen LogP contribution in [-0.2, 0) is 21.2 Å². The van der Waals surface area contributed by atoms with Gasteiger partial charge in [0.25, 0.3) is 0 Å². The second-order valence-corrected chi connectivity index (χ2v) is 11.7. The van der Waals surface area contributed by atoms with E-state index >= 15 is 0 Å². The number of nitrogens with two attached hydrogens (primary N) is 1. The number of hydrogen-bond acceptors (Lipinski definition) is 4. The summed E-state index contributed by atoms with van der Waals surface area (Å²) in [5, 5.41) is 0. The Morgan fingerprint density at radius 2 is 1.64 bits per heavy atom. The van der Waals surface area contributed by atoms with Crippen molar-refractivity contribution in [2.45, 2.75) is 62.4 Å². The van der Waals surface area contributed by atoms with Gasteiger partial charge in [0.1, 0.15) is 5.82 Å². The van der Waals surface area contributed by atoms with E-state index in [1.807, 2.05) is 6.92 Å². The molecule has 196 valence electrons. The highest BCUT2D eigenvalue weighted by Gasteiger charge is 2.38. The fraction of sp³-hybridized carbons (Fsp3) is 0.500. The number of likely N-dealkylation sites (tertiary alicyclic amines) is 1. The molecule has 1 aliphatic carbocycles. The van der Waals surface area contributed by atoms with Crippen molar-refractivity contribution in [2.24, 2.45) is 11.7 Å². The second kappa shape index (κ2) is 10.9. The van der Waals surface area contributed by atoms with Gasteiger partial charge in [-0.25, -0.2) is 21.6 Å². The molecule has 2 aliphatic rings. The first-order valence-corrected chi connectivity index (χ1v) is 13.8. The van der Waals surface area contributed by atoms with E-state index in [1.54, 1.807) is 29.2 Å². The van der Waals surface area contributed by atoms with Gasteiger partial charge in [-0.1, -0.05) is 17.7 Å². The summed E-state index contributed by atoms with van der Waals surface area (Å²) in [5.41, 5.74) is 7.26. The maximum absolute atomic E-state index is 14.0. The van der Waals surface area contributed by atoms with Gasteiger partial charge in [-0.3, -0.25) is 4.79 Å². The predicted molar refractivity (Wildman–Crippen MR) is 130 cm³/mol. The van der Waals surface area contributed by atoms with E-state index in [2.05, 4.69) is 0 Å². The van der Waals surface area contributed by atoms with Crippen LogP contribution in [0.3, 0.4) is 0 Å². The van der Waals surface area contributed by atoms with E-state index in [9.17, 15) is 26.4 Å². The number of nitrogens with zero attached hydrogens (tertiary/aromatic N) is 2. The third-order valence-electron chi connectivity index (χ3n) is 7.17. The van der Waals surface area contributed by atoms with Crippen molar-refractivity contribution in [2.75, 3.05) is 19.6 Å². The van der Waals surface area contributed by atoms with Crippen LogP contribution in [0.5, 0.6) is 0 Å². The molecule has 2 N–H and O–H groups in total. The molecule has 1 heterocycles. The largest absolute Gasteiger partial charge is 0.343 e. The van der Waals surface area contributed by atoms with Crippen molar-refractivity contribution >= 4 is 15.9 Å². The molecule has 36 heavy (non-hydrogen) atoms. The number of halogens is 3. The van der Waals surface area contributed by atoms with Crippen LogP contribution in [0, 0.1) is 30.3 Å². The molecule has 0 radical (unpaired) electrons. The molecule has 2 fully saturated rings. The normalized spacial score (nSPS) is 18.0. The number of carbonyl (C=O) groups is 1. The number of piperidine rings is 1. The van der Waals surface area contributed by atoms with Gasteiger partial charge in [0.2, 0.25) is 15.9 Å². The number of benzene rings is 2. The van der Waals surface area contributed by atoms with Crippen molar-refractivity contribution in [1.29, 1.82) is 0 Å². The molecule has 2 aromatic rings. The first-order chi connectivity index (χ1) is 17.1. The van der Waals surface area contributed by atoms with Gasteiger partial charge >= 0.3 is 0 Å². The van der Waals surface area contributed by atoms with Gasteiger partial charge in [0.15, 0.2) is 11.6 Å². The standard InChI is InChI=1S/C26H32F3N3O3S/c1-17-2-6-21(7-3-17)36(34,35)32(20-4-5-20)13-10-26(33)31-11-8-18(9-12-31)25(30)15-19-14-23(28)24(29)16-22(19)27/h2-3,6-7,14,16,18,20,25H,4-5,8-13,15,30H2,1H3/t25-/m1/s1. The SMILES string of the molecule is Cc1ccc(S(=O)(=O)N(CCC(=O)N2CCC([C@H](N)Cc3cc(F)c(F)cc3F)CC2)C2CC2)cc1. The van der Waals surface area contributed by atoms with E-state index in [0.29, 0.717) is 32.0 Å². The Morgan fingerprint density at radius 3 is 2.25 bits per heavy atom. The molecule has 1 aliphatic heterocycles. The van der Waals surface area contributed by atoms with Crippen LogP contribution in [0.25, 0.3) is 0 Å². The van der Waals surface area contributed by atoms with Crippen LogP contribution >= 0.6 is 0 Å². The van der Waals surface area contributed by atoms with Crippen LogP contribution in [0.4, 0.5) is 13.2 Å². The van der Waals surface area contributed by atoms with Gasteiger partial charge in [0, 0.05) is 44.2 Å². The molecule has 1 atom stereocenters. The summed E-state index contributed by atoms with van der Waals surface area (Å²) in [4.78, 5) is 14.8. The average molecular weight is 524 g/mol. The van der Waals surface area contributed by atoms with Crippen LogP contribution < -0.4 is 5.73 Å². The number of amides is 1. The smallest absolute Gasteiger partial charge is 0.243 e. The minimum absolute atomic E-state index is 0.00596. The summed E-state index contributed by atoms with van der Waals surface area (Å²) in [6.07, 6.45) is 2.97. The Bertz CT molecular complexity index is 1190. The molecule has 6 nitrogen and oxygen atoms in total. The van der Waals surface area contributed by atoms with Crippen molar-refractivity contribution < 1.29 is 26.4 Å². The van der Waals surface area contributed by atoms with E-state index in [-0.39, 0.29) is 47.7 Å².